The van der Waals surface area contributed by atoms with Gasteiger partial charge in [0.1, 0.15) is 0 Å². The van der Waals surface area contributed by atoms with Crippen molar-refractivity contribution in [2.24, 2.45) is 17.8 Å². The number of aromatic amines is 1. The Labute approximate surface area is 154 Å². The van der Waals surface area contributed by atoms with Crippen LogP contribution in [-0.2, 0) is 0 Å². The van der Waals surface area contributed by atoms with Crippen LogP contribution in [0.1, 0.15) is 35.6 Å². The molecule has 2 saturated carbocycles. The number of H-pyrrole nitrogens is 1. The predicted molar refractivity (Wildman–Crippen MR) is 100 cm³/mol. The number of hydrogen-bond acceptors (Lipinski definition) is 5. The molecule has 2 aliphatic carbocycles. The van der Waals surface area contributed by atoms with Crippen LogP contribution in [0.3, 0.4) is 0 Å². The number of thiazole rings is 1. The molecule has 0 amide bonds. The van der Waals surface area contributed by atoms with Gasteiger partial charge in [-0.3, -0.25) is 4.79 Å². The molecule has 0 unspecified atom stereocenters. The number of rotatable bonds is 3. The van der Waals surface area contributed by atoms with E-state index >= 15 is 0 Å². The molecule has 0 spiro atoms. The molecule has 6 heteroatoms. The molecular weight excluding hydrogens is 354 g/mol. The van der Waals surface area contributed by atoms with Crippen LogP contribution in [0, 0.1) is 17.8 Å². The van der Waals surface area contributed by atoms with Crippen molar-refractivity contribution in [2.45, 2.75) is 35.5 Å². The van der Waals surface area contributed by atoms with E-state index in [4.69, 9.17) is 9.47 Å². The van der Waals surface area contributed by atoms with Crippen LogP contribution in [0.25, 0.3) is 0 Å². The summed E-state index contributed by atoms with van der Waals surface area (Å²) in [7, 11) is 3.34. The zero-order chi connectivity index (χ0) is 17.1. The van der Waals surface area contributed by atoms with Crippen LogP contribution in [-0.4, -0.2) is 24.5 Å². The molecule has 4 nitrogen and oxygen atoms in total. The van der Waals surface area contributed by atoms with Gasteiger partial charge in [-0.1, -0.05) is 17.4 Å². The molecule has 132 valence electrons. The number of hydrogen-bond donors (Lipinski definition) is 1. The summed E-state index contributed by atoms with van der Waals surface area (Å²) in [5.41, 5.74) is 1.25. The van der Waals surface area contributed by atoms with Gasteiger partial charge in [-0.2, -0.15) is 0 Å². The molecule has 2 bridgehead atoms. The van der Waals surface area contributed by atoms with Gasteiger partial charge in [0, 0.05) is 16.0 Å². The van der Waals surface area contributed by atoms with Gasteiger partial charge in [-0.15, -0.1) is 11.8 Å². The Morgan fingerprint density at radius 3 is 2.72 bits per heavy atom. The summed E-state index contributed by atoms with van der Waals surface area (Å²) in [6, 6.07) is 6.25. The van der Waals surface area contributed by atoms with Crippen molar-refractivity contribution in [2.75, 3.05) is 14.2 Å². The van der Waals surface area contributed by atoms with Crippen LogP contribution in [0.4, 0.5) is 0 Å². The van der Waals surface area contributed by atoms with Crippen LogP contribution < -0.4 is 14.3 Å². The van der Waals surface area contributed by atoms with E-state index < -0.39 is 0 Å². The first-order valence-electron chi connectivity index (χ1n) is 8.81. The molecule has 0 radical (unpaired) electrons. The molecule has 1 aromatic carbocycles. The topological polar surface area (TPSA) is 51.3 Å². The molecule has 0 saturated heterocycles. The number of methoxy groups -OCH3 is 2. The number of benzene rings is 1. The molecule has 1 aromatic heterocycles. The van der Waals surface area contributed by atoms with Crippen molar-refractivity contribution in [3.8, 4) is 11.5 Å². The minimum absolute atomic E-state index is 0.0651. The molecule has 5 rings (SSSR count). The average molecular weight is 376 g/mol. The Balaban J connectivity index is 1.66. The molecule has 2 fully saturated rings. The maximum absolute atomic E-state index is 12.1. The van der Waals surface area contributed by atoms with Crippen molar-refractivity contribution < 1.29 is 9.47 Å². The number of ether oxygens (including phenoxy) is 2. The monoisotopic (exact) mass is 375 g/mol. The second-order valence-corrected chi connectivity index (χ2v) is 9.50. The lowest BCUT2D eigenvalue weighted by Crippen LogP contribution is -2.33. The standard InChI is InChI=1S/C19H21NO3S2/c1-22-12-6-5-10(8-13(12)23-2)15-14-9-3-4-11(7-9)16(14)24-18-17(15)25-19(21)20-18/h5-6,8-9,11,14-16H,3-4,7H2,1-2H3,(H,20,21)/t9-,11-,14+,15-,16+/m0/s1. The van der Waals surface area contributed by atoms with Gasteiger partial charge in [0.2, 0.25) is 0 Å². The minimum Gasteiger partial charge on any atom is -0.493 e. The van der Waals surface area contributed by atoms with Crippen LogP contribution in [0.5, 0.6) is 11.5 Å². The largest absolute Gasteiger partial charge is 0.493 e. The fraction of sp³-hybridized carbons (Fsp3) is 0.526. The smallest absolute Gasteiger partial charge is 0.305 e. The summed E-state index contributed by atoms with van der Waals surface area (Å²) < 4.78 is 10.9. The third-order valence-corrected chi connectivity index (χ3v) is 8.86. The highest BCUT2D eigenvalue weighted by Crippen LogP contribution is 2.63. The number of aromatic nitrogens is 1. The van der Waals surface area contributed by atoms with Crippen molar-refractivity contribution >= 4 is 23.1 Å². The van der Waals surface area contributed by atoms with Gasteiger partial charge in [-0.25, -0.2) is 0 Å². The van der Waals surface area contributed by atoms with Crippen LogP contribution >= 0.6 is 23.1 Å². The number of fused-ring (bicyclic) bond motifs is 6. The van der Waals surface area contributed by atoms with E-state index in [1.165, 1.54) is 41.0 Å². The Morgan fingerprint density at radius 1 is 1.12 bits per heavy atom. The normalized spacial score (nSPS) is 32.3. The maximum Gasteiger partial charge on any atom is 0.305 e. The highest BCUT2D eigenvalue weighted by Gasteiger charge is 2.54. The van der Waals surface area contributed by atoms with E-state index in [1.54, 1.807) is 14.2 Å². The van der Waals surface area contributed by atoms with Crippen LogP contribution in [0.2, 0.25) is 0 Å². The molecular formula is C19H21NO3S2. The fourth-order valence-corrected chi connectivity index (χ4v) is 8.16. The van der Waals surface area contributed by atoms with E-state index in [0.29, 0.717) is 17.1 Å². The zero-order valence-corrected chi connectivity index (χ0v) is 15.9. The summed E-state index contributed by atoms with van der Waals surface area (Å²) in [5.74, 6) is 4.03. The highest BCUT2D eigenvalue weighted by molar-refractivity contribution is 8.00. The Kier molecular flexibility index (Phi) is 3.68. The number of nitrogens with one attached hydrogen (secondary N) is 1. The van der Waals surface area contributed by atoms with Crippen LogP contribution in [0.15, 0.2) is 28.0 Å². The summed E-state index contributed by atoms with van der Waals surface area (Å²) in [5, 5.41) is 1.73. The zero-order valence-electron chi connectivity index (χ0n) is 14.3. The van der Waals surface area contributed by atoms with E-state index in [0.717, 1.165) is 28.4 Å². The summed E-state index contributed by atoms with van der Waals surface area (Å²) in [4.78, 5) is 16.4. The third-order valence-electron chi connectivity index (χ3n) is 6.23. The van der Waals surface area contributed by atoms with Gasteiger partial charge in [0.15, 0.2) is 11.5 Å². The summed E-state index contributed by atoms with van der Waals surface area (Å²) in [6.45, 7) is 0. The Bertz CT molecular complexity index is 874. The van der Waals surface area contributed by atoms with Gasteiger partial charge < -0.3 is 14.5 Å². The van der Waals surface area contributed by atoms with Crippen molar-refractivity contribution in [1.82, 2.24) is 4.98 Å². The first kappa shape index (κ1) is 15.8. The van der Waals surface area contributed by atoms with E-state index in [9.17, 15) is 4.79 Å². The molecule has 2 aromatic rings. The second kappa shape index (κ2) is 5.81. The van der Waals surface area contributed by atoms with Gasteiger partial charge in [0.05, 0.1) is 19.2 Å². The molecule has 2 heterocycles. The van der Waals surface area contributed by atoms with Gasteiger partial charge in [0.25, 0.3) is 0 Å². The Hall–Kier alpha value is -1.40. The molecule has 25 heavy (non-hydrogen) atoms. The van der Waals surface area contributed by atoms with Gasteiger partial charge >= 0.3 is 4.87 Å². The predicted octanol–water partition coefficient (Wildman–Crippen LogP) is 4.11. The molecule has 3 aliphatic rings. The van der Waals surface area contributed by atoms with E-state index in [-0.39, 0.29) is 4.87 Å². The lowest BCUT2D eigenvalue weighted by atomic mass is 9.75. The highest BCUT2D eigenvalue weighted by atomic mass is 32.2. The van der Waals surface area contributed by atoms with Crippen molar-refractivity contribution in [3.05, 3.63) is 38.3 Å². The van der Waals surface area contributed by atoms with Crippen molar-refractivity contribution in [1.29, 1.82) is 0 Å². The lowest BCUT2D eigenvalue weighted by molar-refractivity contribution is 0.306. The molecule has 5 atom stereocenters. The van der Waals surface area contributed by atoms with E-state index in [2.05, 4.69) is 17.1 Å². The average Bonchev–Trinajstić information content (AvgIpc) is 3.32. The molecule has 1 N–H and O–H groups in total. The fourth-order valence-electron chi connectivity index (χ4n) is 5.27. The summed E-state index contributed by atoms with van der Waals surface area (Å²) >= 11 is 3.32. The molecule has 1 aliphatic heterocycles. The number of thioether (sulfide) groups is 1. The van der Waals surface area contributed by atoms with E-state index in [1.807, 2.05) is 17.8 Å². The second-order valence-electron chi connectivity index (χ2n) is 7.29. The SMILES string of the molecule is COc1ccc([C@@H]2c3sc(=O)[nH]c3S[C@@H]3[C@H]4CC[C@@H](C4)[C@H]23)cc1OC. The maximum atomic E-state index is 12.1. The van der Waals surface area contributed by atoms with Gasteiger partial charge in [-0.05, 0) is 54.7 Å². The minimum atomic E-state index is 0.0651. The summed E-state index contributed by atoms with van der Waals surface area (Å²) in [6.07, 6.45) is 4.04. The first-order valence-corrected chi connectivity index (χ1v) is 10.5. The lowest BCUT2D eigenvalue weighted by Gasteiger charge is -2.40. The first-order chi connectivity index (χ1) is 12.2. The van der Waals surface area contributed by atoms with Crippen molar-refractivity contribution in [3.63, 3.8) is 0 Å². The Morgan fingerprint density at radius 2 is 1.92 bits per heavy atom. The third kappa shape index (κ3) is 2.30. The quantitative estimate of drug-likeness (QED) is 0.877.